The van der Waals surface area contributed by atoms with E-state index in [1.807, 2.05) is 0 Å². The number of hydrogen-bond acceptors (Lipinski definition) is 2. The van der Waals surface area contributed by atoms with Crippen LogP contribution < -0.4 is 5.32 Å². The topological polar surface area (TPSA) is 29.1 Å². The number of halogens is 3. The largest absolute Gasteiger partial charge is 0.416 e. The van der Waals surface area contributed by atoms with Gasteiger partial charge in [0.05, 0.1) is 11.6 Å². The number of rotatable bonds is 5. The average molecular weight is 273 g/mol. The van der Waals surface area contributed by atoms with Crippen LogP contribution >= 0.6 is 0 Å². The van der Waals surface area contributed by atoms with Crippen LogP contribution in [0.5, 0.6) is 0 Å². The summed E-state index contributed by atoms with van der Waals surface area (Å²) in [5.41, 5.74) is -0.181. The van der Waals surface area contributed by atoms with E-state index >= 15 is 0 Å². The Bertz CT molecular complexity index is 441. The molecule has 0 bridgehead atoms. The van der Waals surface area contributed by atoms with Crippen molar-refractivity contribution in [3.63, 3.8) is 0 Å². The number of carbonyl (C=O) groups is 1. The van der Waals surface area contributed by atoms with Crippen molar-refractivity contribution in [2.45, 2.75) is 32.5 Å². The first-order valence-corrected chi connectivity index (χ1v) is 6.12. The molecule has 106 valence electrons. The van der Waals surface area contributed by atoms with Crippen LogP contribution in [0.4, 0.5) is 13.2 Å². The maximum absolute atomic E-state index is 12.6. The molecule has 0 spiro atoms. The molecule has 0 radical (unpaired) electrons. The van der Waals surface area contributed by atoms with Gasteiger partial charge in [-0.25, -0.2) is 0 Å². The predicted octanol–water partition coefficient (Wildman–Crippen LogP) is 3.06. The molecule has 1 N–H and O–H groups in total. The molecule has 0 aliphatic heterocycles. The lowest BCUT2D eigenvalue weighted by atomic mass is 9.95. The number of Topliss-reactive ketones (excluding diaryl/α,β-unsaturated/α-hetero) is 1. The van der Waals surface area contributed by atoms with E-state index in [0.29, 0.717) is 5.56 Å². The van der Waals surface area contributed by atoms with Gasteiger partial charge in [0.1, 0.15) is 0 Å². The fourth-order valence-electron chi connectivity index (χ4n) is 1.86. The van der Waals surface area contributed by atoms with Gasteiger partial charge in [-0.2, -0.15) is 13.2 Å². The number of benzene rings is 1. The SMILES string of the molecule is CNC(Cc1cccc(C(F)(F)F)c1)C(=O)C(C)C. The van der Waals surface area contributed by atoms with Crippen LogP contribution in [-0.4, -0.2) is 18.9 Å². The summed E-state index contributed by atoms with van der Waals surface area (Å²) in [7, 11) is 1.64. The molecule has 0 saturated heterocycles. The van der Waals surface area contributed by atoms with Gasteiger partial charge in [-0.15, -0.1) is 0 Å². The van der Waals surface area contributed by atoms with Crippen molar-refractivity contribution in [3.05, 3.63) is 35.4 Å². The van der Waals surface area contributed by atoms with E-state index in [4.69, 9.17) is 0 Å². The third-order valence-electron chi connectivity index (χ3n) is 2.96. The van der Waals surface area contributed by atoms with Crippen LogP contribution in [0.3, 0.4) is 0 Å². The molecule has 0 aliphatic rings. The summed E-state index contributed by atoms with van der Waals surface area (Å²) in [6.45, 7) is 3.55. The highest BCUT2D eigenvalue weighted by atomic mass is 19.4. The van der Waals surface area contributed by atoms with Crippen LogP contribution in [0.25, 0.3) is 0 Å². The Kier molecular flexibility index (Phi) is 5.11. The molecule has 0 aliphatic carbocycles. The second kappa shape index (κ2) is 6.19. The van der Waals surface area contributed by atoms with Crippen molar-refractivity contribution in [1.82, 2.24) is 5.32 Å². The van der Waals surface area contributed by atoms with Crippen molar-refractivity contribution >= 4 is 5.78 Å². The summed E-state index contributed by atoms with van der Waals surface area (Å²) in [4.78, 5) is 11.9. The van der Waals surface area contributed by atoms with E-state index in [0.717, 1.165) is 12.1 Å². The van der Waals surface area contributed by atoms with Gasteiger partial charge in [-0.05, 0) is 25.1 Å². The van der Waals surface area contributed by atoms with Crippen molar-refractivity contribution in [2.75, 3.05) is 7.05 Å². The first kappa shape index (κ1) is 15.7. The zero-order chi connectivity index (χ0) is 14.6. The molecule has 1 rings (SSSR count). The van der Waals surface area contributed by atoms with Gasteiger partial charge in [-0.3, -0.25) is 4.79 Å². The quantitative estimate of drug-likeness (QED) is 0.893. The molecule has 1 unspecified atom stereocenters. The van der Waals surface area contributed by atoms with Crippen LogP contribution in [0.2, 0.25) is 0 Å². The lowest BCUT2D eigenvalue weighted by Gasteiger charge is -2.18. The molecule has 1 atom stereocenters. The molecular weight excluding hydrogens is 255 g/mol. The lowest BCUT2D eigenvalue weighted by molar-refractivity contribution is -0.137. The van der Waals surface area contributed by atoms with E-state index in [1.165, 1.54) is 6.07 Å². The third-order valence-corrected chi connectivity index (χ3v) is 2.96. The fraction of sp³-hybridized carbons (Fsp3) is 0.500. The smallest absolute Gasteiger partial charge is 0.310 e. The maximum atomic E-state index is 12.6. The summed E-state index contributed by atoms with van der Waals surface area (Å²) in [5.74, 6) is -0.150. The Morgan fingerprint density at radius 2 is 1.95 bits per heavy atom. The van der Waals surface area contributed by atoms with Crippen LogP contribution in [0, 0.1) is 5.92 Å². The number of carbonyl (C=O) groups excluding carboxylic acids is 1. The molecule has 2 nitrogen and oxygen atoms in total. The minimum absolute atomic E-state index is 0.0000817. The van der Waals surface area contributed by atoms with E-state index in [2.05, 4.69) is 5.32 Å². The van der Waals surface area contributed by atoms with Crippen molar-refractivity contribution in [2.24, 2.45) is 5.92 Å². The Morgan fingerprint density at radius 3 is 2.42 bits per heavy atom. The highest BCUT2D eigenvalue weighted by molar-refractivity contribution is 5.86. The summed E-state index contributed by atoms with van der Waals surface area (Å²) in [5, 5.41) is 2.86. The lowest BCUT2D eigenvalue weighted by Crippen LogP contribution is -2.38. The molecular formula is C14H18F3NO. The molecule has 0 aromatic heterocycles. The van der Waals surface area contributed by atoms with Gasteiger partial charge < -0.3 is 5.32 Å². The number of alkyl halides is 3. The van der Waals surface area contributed by atoms with E-state index in [-0.39, 0.29) is 18.1 Å². The third kappa shape index (κ3) is 4.35. The molecule has 0 fully saturated rings. The summed E-state index contributed by atoms with van der Waals surface area (Å²) >= 11 is 0. The van der Waals surface area contributed by atoms with Gasteiger partial charge in [0.2, 0.25) is 0 Å². The standard InChI is InChI=1S/C14H18F3NO/c1-9(2)13(19)12(18-3)8-10-5-4-6-11(7-10)14(15,16)17/h4-7,9,12,18H,8H2,1-3H3. The second-order valence-corrected chi connectivity index (χ2v) is 4.80. The highest BCUT2D eigenvalue weighted by Gasteiger charge is 2.30. The predicted molar refractivity (Wildman–Crippen MR) is 67.8 cm³/mol. The van der Waals surface area contributed by atoms with Crippen LogP contribution in [0.15, 0.2) is 24.3 Å². The number of hydrogen-bond donors (Lipinski definition) is 1. The van der Waals surface area contributed by atoms with Crippen molar-refractivity contribution in [3.8, 4) is 0 Å². The highest BCUT2D eigenvalue weighted by Crippen LogP contribution is 2.29. The zero-order valence-corrected chi connectivity index (χ0v) is 11.2. The maximum Gasteiger partial charge on any atom is 0.416 e. The second-order valence-electron chi connectivity index (χ2n) is 4.80. The first-order valence-electron chi connectivity index (χ1n) is 6.12. The Hall–Kier alpha value is -1.36. The normalized spacial score (nSPS) is 13.6. The summed E-state index contributed by atoms with van der Waals surface area (Å²) < 4.78 is 37.8. The first-order chi connectivity index (χ1) is 8.75. The molecule has 0 saturated carbocycles. The Labute approximate surface area is 111 Å². The molecule has 1 aromatic carbocycles. The monoisotopic (exact) mass is 273 g/mol. The van der Waals surface area contributed by atoms with Crippen LogP contribution in [0.1, 0.15) is 25.0 Å². The minimum Gasteiger partial charge on any atom is -0.310 e. The molecule has 5 heteroatoms. The van der Waals surface area contributed by atoms with Gasteiger partial charge in [0, 0.05) is 5.92 Å². The van der Waals surface area contributed by atoms with Gasteiger partial charge >= 0.3 is 6.18 Å². The zero-order valence-electron chi connectivity index (χ0n) is 11.2. The fourth-order valence-corrected chi connectivity index (χ4v) is 1.86. The number of likely N-dealkylation sites (N-methyl/N-ethyl adjacent to an activating group) is 1. The molecule has 19 heavy (non-hydrogen) atoms. The Morgan fingerprint density at radius 1 is 1.32 bits per heavy atom. The van der Waals surface area contributed by atoms with Gasteiger partial charge in [0.15, 0.2) is 5.78 Å². The van der Waals surface area contributed by atoms with Gasteiger partial charge in [-0.1, -0.05) is 32.0 Å². The number of ketones is 1. The average Bonchev–Trinajstić information content (AvgIpc) is 2.34. The number of nitrogens with one attached hydrogen (secondary N) is 1. The van der Waals surface area contributed by atoms with Crippen molar-refractivity contribution in [1.29, 1.82) is 0 Å². The van der Waals surface area contributed by atoms with Crippen LogP contribution in [-0.2, 0) is 17.4 Å². The van der Waals surface area contributed by atoms with E-state index < -0.39 is 17.8 Å². The van der Waals surface area contributed by atoms with Gasteiger partial charge in [0.25, 0.3) is 0 Å². The van der Waals surface area contributed by atoms with E-state index in [9.17, 15) is 18.0 Å². The van der Waals surface area contributed by atoms with Crippen molar-refractivity contribution < 1.29 is 18.0 Å². The molecule has 0 heterocycles. The molecule has 1 aromatic rings. The molecule has 0 amide bonds. The summed E-state index contributed by atoms with van der Waals surface area (Å²) in [6, 6.07) is 4.64. The minimum atomic E-state index is -4.35. The van der Waals surface area contributed by atoms with E-state index in [1.54, 1.807) is 27.0 Å². The Balaban J connectivity index is 2.90. The summed E-state index contributed by atoms with van der Waals surface area (Å²) in [6.07, 6.45) is -4.09.